The molecular weight excluding hydrogens is 322 g/mol. The number of aromatic nitrogens is 3. The van der Waals surface area contributed by atoms with Gasteiger partial charge in [0.25, 0.3) is 0 Å². The summed E-state index contributed by atoms with van der Waals surface area (Å²) in [6, 6.07) is 1.99. The van der Waals surface area contributed by atoms with Gasteiger partial charge >= 0.3 is 0 Å². The van der Waals surface area contributed by atoms with Crippen molar-refractivity contribution in [2.75, 3.05) is 26.2 Å². The van der Waals surface area contributed by atoms with Crippen LogP contribution >= 0.6 is 15.9 Å². The molecule has 0 spiro atoms. The number of β-amino-alcohol motifs (C(OH)–C–C–N with tert-alkyl or cyclic N) is 1. The Morgan fingerprint density at radius 2 is 2.25 bits per heavy atom. The van der Waals surface area contributed by atoms with Crippen molar-refractivity contribution in [3.63, 3.8) is 0 Å². The molecule has 1 aliphatic heterocycles. The molecule has 1 fully saturated rings. The molecule has 2 aromatic rings. The van der Waals surface area contributed by atoms with E-state index in [-0.39, 0.29) is 0 Å². The standard InChI is InChI=1S/C13H18BrN5O/c1-9-17-12-11(4-10(14)5-16-12)19(9)8-13(20)6-18(7-13)3-2-15/h4-5,20H,2-3,6-8,15H2,1H3. The van der Waals surface area contributed by atoms with Crippen LogP contribution < -0.4 is 5.73 Å². The lowest BCUT2D eigenvalue weighted by Crippen LogP contribution is -2.64. The molecule has 2 aromatic heterocycles. The first-order valence-electron chi connectivity index (χ1n) is 6.64. The van der Waals surface area contributed by atoms with Gasteiger partial charge in [-0.15, -0.1) is 0 Å². The average Bonchev–Trinajstić information content (AvgIpc) is 2.65. The quantitative estimate of drug-likeness (QED) is 0.848. The second-order valence-corrected chi connectivity index (χ2v) is 6.38. The Bertz CT molecular complexity index is 635. The number of pyridine rings is 1. The van der Waals surface area contributed by atoms with Crippen molar-refractivity contribution in [2.24, 2.45) is 5.73 Å². The van der Waals surface area contributed by atoms with Gasteiger partial charge in [0.05, 0.1) is 12.1 Å². The minimum absolute atomic E-state index is 0.536. The molecule has 6 nitrogen and oxygen atoms in total. The monoisotopic (exact) mass is 339 g/mol. The molecule has 108 valence electrons. The molecule has 3 N–H and O–H groups in total. The van der Waals surface area contributed by atoms with Gasteiger partial charge in [-0.3, -0.25) is 4.90 Å². The van der Waals surface area contributed by atoms with Crippen molar-refractivity contribution in [1.82, 2.24) is 19.4 Å². The molecule has 0 unspecified atom stereocenters. The normalized spacial score (nSPS) is 18.4. The molecule has 3 heterocycles. The van der Waals surface area contributed by atoms with E-state index in [0.717, 1.165) is 22.4 Å². The van der Waals surface area contributed by atoms with Crippen LogP contribution in [0.5, 0.6) is 0 Å². The molecule has 20 heavy (non-hydrogen) atoms. The fraction of sp³-hybridized carbons (Fsp3) is 0.538. The number of nitrogens with two attached hydrogens (primary N) is 1. The van der Waals surface area contributed by atoms with E-state index in [1.807, 2.05) is 17.6 Å². The second kappa shape index (κ2) is 5.07. The number of nitrogens with zero attached hydrogens (tertiary/aromatic N) is 4. The molecule has 0 atom stereocenters. The van der Waals surface area contributed by atoms with Crippen LogP contribution in [0, 0.1) is 6.92 Å². The van der Waals surface area contributed by atoms with Gasteiger partial charge in [-0.2, -0.15) is 0 Å². The highest BCUT2D eigenvalue weighted by Crippen LogP contribution is 2.26. The van der Waals surface area contributed by atoms with E-state index in [1.165, 1.54) is 0 Å². The summed E-state index contributed by atoms with van der Waals surface area (Å²) >= 11 is 3.43. The van der Waals surface area contributed by atoms with Gasteiger partial charge < -0.3 is 15.4 Å². The SMILES string of the molecule is Cc1nc2ncc(Br)cc2n1CC1(O)CN(CCN)C1. The first-order valence-corrected chi connectivity index (χ1v) is 7.43. The van der Waals surface area contributed by atoms with Crippen molar-refractivity contribution in [3.8, 4) is 0 Å². The lowest BCUT2D eigenvalue weighted by atomic mass is 9.94. The number of aliphatic hydroxyl groups is 1. The highest BCUT2D eigenvalue weighted by atomic mass is 79.9. The second-order valence-electron chi connectivity index (χ2n) is 5.47. The molecule has 0 saturated carbocycles. The van der Waals surface area contributed by atoms with Crippen LogP contribution in [0.3, 0.4) is 0 Å². The Hall–Kier alpha value is -1.02. The molecule has 7 heteroatoms. The maximum Gasteiger partial charge on any atom is 0.177 e. The Kier molecular flexibility index (Phi) is 3.53. The lowest BCUT2D eigenvalue weighted by molar-refractivity contribution is -0.106. The van der Waals surface area contributed by atoms with Crippen molar-refractivity contribution >= 4 is 27.1 Å². The van der Waals surface area contributed by atoms with Crippen molar-refractivity contribution in [3.05, 3.63) is 22.6 Å². The minimum atomic E-state index is -0.699. The zero-order valence-electron chi connectivity index (χ0n) is 11.4. The number of hydrogen-bond acceptors (Lipinski definition) is 5. The lowest BCUT2D eigenvalue weighted by Gasteiger charge is -2.46. The van der Waals surface area contributed by atoms with Gasteiger partial charge in [-0.25, -0.2) is 9.97 Å². The average molecular weight is 340 g/mol. The summed E-state index contributed by atoms with van der Waals surface area (Å²) < 4.78 is 2.95. The Morgan fingerprint density at radius 1 is 1.50 bits per heavy atom. The van der Waals surface area contributed by atoms with E-state index in [2.05, 4.69) is 30.8 Å². The van der Waals surface area contributed by atoms with Crippen LogP contribution in [-0.4, -0.2) is 56.3 Å². The number of rotatable bonds is 4. The third-order valence-electron chi connectivity index (χ3n) is 3.70. The molecule has 0 amide bonds. The first-order chi connectivity index (χ1) is 9.50. The predicted molar refractivity (Wildman–Crippen MR) is 80.4 cm³/mol. The van der Waals surface area contributed by atoms with Crippen LogP contribution in [0.2, 0.25) is 0 Å². The molecule has 0 radical (unpaired) electrons. The van der Waals surface area contributed by atoms with Crippen molar-refractivity contribution in [1.29, 1.82) is 0 Å². The van der Waals surface area contributed by atoms with Crippen LogP contribution in [0.4, 0.5) is 0 Å². The summed E-state index contributed by atoms with van der Waals surface area (Å²) in [7, 11) is 0. The van der Waals surface area contributed by atoms with Gasteiger partial charge in [-0.05, 0) is 28.9 Å². The maximum atomic E-state index is 10.6. The minimum Gasteiger partial charge on any atom is -0.385 e. The third-order valence-corrected chi connectivity index (χ3v) is 4.13. The summed E-state index contributed by atoms with van der Waals surface area (Å²) in [4.78, 5) is 10.9. The summed E-state index contributed by atoms with van der Waals surface area (Å²) in [5.74, 6) is 0.872. The fourth-order valence-corrected chi connectivity index (χ4v) is 3.13. The van der Waals surface area contributed by atoms with Crippen LogP contribution in [0.25, 0.3) is 11.2 Å². The van der Waals surface area contributed by atoms with Gasteiger partial charge in [0.15, 0.2) is 5.65 Å². The number of aryl methyl sites for hydroxylation is 1. The fourth-order valence-electron chi connectivity index (χ4n) is 2.81. The van der Waals surface area contributed by atoms with Gasteiger partial charge in [0, 0.05) is 36.8 Å². The summed E-state index contributed by atoms with van der Waals surface area (Å²) in [6.45, 7) is 5.25. The summed E-state index contributed by atoms with van der Waals surface area (Å²) in [5.41, 5.74) is 6.49. The Morgan fingerprint density at radius 3 is 2.95 bits per heavy atom. The molecule has 0 aromatic carbocycles. The molecule has 1 saturated heterocycles. The van der Waals surface area contributed by atoms with E-state index < -0.39 is 5.60 Å². The smallest absolute Gasteiger partial charge is 0.177 e. The van der Waals surface area contributed by atoms with E-state index in [1.54, 1.807) is 6.20 Å². The topological polar surface area (TPSA) is 80.2 Å². The largest absolute Gasteiger partial charge is 0.385 e. The van der Waals surface area contributed by atoms with E-state index in [0.29, 0.717) is 31.8 Å². The third kappa shape index (κ3) is 2.46. The summed E-state index contributed by atoms with van der Waals surface area (Å²) in [6.07, 6.45) is 1.74. The van der Waals surface area contributed by atoms with Gasteiger partial charge in [-0.1, -0.05) is 0 Å². The van der Waals surface area contributed by atoms with Crippen molar-refractivity contribution < 1.29 is 5.11 Å². The number of imidazole rings is 1. The molecular formula is C13H18BrN5O. The van der Waals surface area contributed by atoms with Crippen LogP contribution in [-0.2, 0) is 6.54 Å². The molecule has 0 bridgehead atoms. The number of halogens is 1. The maximum absolute atomic E-state index is 10.6. The summed E-state index contributed by atoms with van der Waals surface area (Å²) in [5, 5.41) is 10.6. The zero-order chi connectivity index (χ0) is 14.3. The van der Waals surface area contributed by atoms with Crippen LogP contribution in [0.1, 0.15) is 5.82 Å². The van der Waals surface area contributed by atoms with Gasteiger partial charge in [0.2, 0.25) is 0 Å². The van der Waals surface area contributed by atoms with E-state index >= 15 is 0 Å². The highest BCUT2D eigenvalue weighted by Gasteiger charge is 2.41. The van der Waals surface area contributed by atoms with Gasteiger partial charge in [0.1, 0.15) is 11.4 Å². The van der Waals surface area contributed by atoms with Crippen LogP contribution in [0.15, 0.2) is 16.7 Å². The van der Waals surface area contributed by atoms with Crippen molar-refractivity contribution in [2.45, 2.75) is 19.1 Å². The van der Waals surface area contributed by atoms with E-state index in [9.17, 15) is 5.11 Å². The Balaban J connectivity index is 1.84. The Labute approximate surface area is 125 Å². The first kappa shape index (κ1) is 13.9. The molecule has 1 aliphatic rings. The predicted octanol–water partition coefficient (Wildman–Crippen LogP) is 0.508. The molecule has 3 rings (SSSR count). The van der Waals surface area contributed by atoms with E-state index in [4.69, 9.17) is 5.73 Å². The zero-order valence-corrected chi connectivity index (χ0v) is 13.0. The number of fused-ring (bicyclic) bond motifs is 1. The number of likely N-dealkylation sites (tertiary alicyclic amines) is 1. The number of hydrogen-bond donors (Lipinski definition) is 2. The highest BCUT2D eigenvalue weighted by molar-refractivity contribution is 9.10. The molecule has 0 aliphatic carbocycles.